The molecular formula is C26H23Cl2NO4. The van der Waals surface area contributed by atoms with Gasteiger partial charge in [0.25, 0.3) is 0 Å². The van der Waals surface area contributed by atoms with Crippen LogP contribution in [0, 0.1) is 12.3 Å². The van der Waals surface area contributed by atoms with Crippen LogP contribution in [0.2, 0.25) is 10.0 Å². The summed E-state index contributed by atoms with van der Waals surface area (Å²) in [5.74, 6) is 2.14. The Kier molecular flexibility index (Phi) is 4.71. The van der Waals surface area contributed by atoms with Crippen molar-refractivity contribution in [1.82, 2.24) is 4.98 Å². The number of rotatable bonds is 5. The highest BCUT2D eigenvalue weighted by atomic mass is 35.5. The largest absolute Gasteiger partial charge is 0.482 e. The van der Waals surface area contributed by atoms with Crippen molar-refractivity contribution in [3.05, 3.63) is 69.7 Å². The summed E-state index contributed by atoms with van der Waals surface area (Å²) in [6.45, 7) is 1.96. The van der Waals surface area contributed by atoms with Gasteiger partial charge in [-0.15, -0.1) is 0 Å². The second-order valence-corrected chi connectivity index (χ2v) is 10.8. The van der Waals surface area contributed by atoms with Crippen molar-refractivity contribution in [1.29, 1.82) is 0 Å². The highest BCUT2D eigenvalue weighted by molar-refractivity contribution is 6.31. The molecule has 7 rings (SSSR count). The Balaban J connectivity index is 1.12. The number of ether oxygens (including phenoxy) is 1. The summed E-state index contributed by atoms with van der Waals surface area (Å²) in [5.41, 5.74) is 2.40. The van der Waals surface area contributed by atoms with E-state index >= 15 is 0 Å². The molecule has 3 saturated carbocycles. The van der Waals surface area contributed by atoms with Crippen molar-refractivity contribution in [3.63, 3.8) is 0 Å². The maximum Gasteiger partial charge on any atom is 0.201 e. The van der Waals surface area contributed by atoms with Crippen LogP contribution in [0.25, 0.3) is 11.3 Å². The molecule has 7 heteroatoms. The zero-order valence-electron chi connectivity index (χ0n) is 18.1. The van der Waals surface area contributed by atoms with E-state index in [4.69, 9.17) is 37.3 Å². The minimum atomic E-state index is -0.748. The molecule has 1 N–H and O–H groups in total. The number of Topliss-reactive ketones (excluding diaryl/α,β-unsaturated/α-hetero) is 1. The Morgan fingerprint density at radius 2 is 1.82 bits per heavy atom. The second-order valence-electron chi connectivity index (χ2n) is 9.93. The number of benzene rings is 2. The molecule has 3 aliphatic carbocycles. The molecule has 0 amide bonds. The van der Waals surface area contributed by atoms with Gasteiger partial charge in [0.05, 0.1) is 11.8 Å². The van der Waals surface area contributed by atoms with Gasteiger partial charge in [0.2, 0.25) is 5.89 Å². The summed E-state index contributed by atoms with van der Waals surface area (Å²) in [6.07, 6.45) is 2.03. The van der Waals surface area contributed by atoms with Gasteiger partial charge in [-0.2, -0.15) is 0 Å². The van der Waals surface area contributed by atoms with Crippen LogP contribution in [0.1, 0.15) is 55.4 Å². The summed E-state index contributed by atoms with van der Waals surface area (Å²) >= 11 is 12.0. The lowest BCUT2D eigenvalue weighted by Gasteiger charge is -2.69. The van der Waals surface area contributed by atoms with Gasteiger partial charge in [0.1, 0.15) is 5.75 Å². The highest BCUT2D eigenvalue weighted by Crippen LogP contribution is 2.75. The average Bonchev–Trinajstić information content (AvgIpc) is 3.11. The number of aryl methyl sites for hydroxylation is 1. The van der Waals surface area contributed by atoms with Crippen LogP contribution in [-0.4, -0.2) is 22.0 Å². The lowest BCUT2D eigenvalue weighted by Crippen LogP contribution is -2.65. The minimum absolute atomic E-state index is 0.00548. The van der Waals surface area contributed by atoms with Crippen LogP contribution in [0.3, 0.4) is 0 Å². The minimum Gasteiger partial charge on any atom is -0.482 e. The van der Waals surface area contributed by atoms with Gasteiger partial charge >= 0.3 is 0 Å². The van der Waals surface area contributed by atoms with Crippen LogP contribution < -0.4 is 4.74 Å². The predicted molar refractivity (Wildman–Crippen MR) is 125 cm³/mol. The van der Waals surface area contributed by atoms with Gasteiger partial charge < -0.3 is 14.3 Å². The first-order chi connectivity index (χ1) is 15.8. The normalized spacial score (nSPS) is 29.5. The van der Waals surface area contributed by atoms with Gasteiger partial charge in [-0.05, 0) is 74.1 Å². The van der Waals surface area contributed by atoms with Gasteiger partial charge in [-0.3, -0.25) is 4.79 Å². The second kappa shape index (κ2) is 7.33. The van der Waals surface area contributed by atoms with Crippen LogP contribution in [0.4, 0.5) is 0 Å². The molecule has 1 aromatic heterocycles. The number of fused-ring (bicyclic) bond motifs is 1. The Bertz CT molecular complexity index is 1250. The number of hydrogen-bond donors (Lipinski definition) is 1. The third-order valence-electron chi connectivity index (χ3n) is 7.44. The van der Waals surface area contributed by atoms with Gasteiger partial charge in [0.15, 0.2) is 17.6 Å². The van der Waals surface area contributed by atoms with E-state index in [9.17, 15) is 9.90 Å². The van der Waals surface area contributed by atoms with E-state index in [0.717, 1.165) is 42.2 Å². The van der Waals surface area contributed by atoms with Crippen molar-refractivity contribution in [3.8, 4) is 17.1 Å². The number of carbonyl (C=O) groups excluding carboxylic acids is 1. The zero-order chi connectivity index (χ0) is 23.0. The Hall–Kier alpha value is -2.34. The molecule has 170 valence electrons. The SMILES string of the molecule is Cc1nc(C23CC(CC(=O)[C@H]4C[C@@H](O)c5cc(Cl)ccc5O4)(C2)C3)oc1-c1ccc(Cl)cc1. The molecular weight excluding hydrogens is 461 g/mol. The molecule has 0 spiro atoms. The number of oxazole rings is 1. The quantitative estimate of drug-likeness (QED) is 0.465. The molecule has 0 saturated heterocycles. The van der Waals surface area contributed by atoms with Crippen LogP contribution in [0.5, 0.6) is 5.75 Å². The molecule has 5 nitrogen and oxygen atoms in total. The van der Waals surface area contributed by atoms with E-state index in [-0.39, 0.29) is 23.0 Å². The molecule has 2 atom stereocenters. The van der Waals surface area contributed by atoms with Crippen molar-refractivity contribution in [2.45, 2.75) is 56.7 Å². The van der Waals surface area contributed by atoms with Crippen LogP contribution in [-0.2, 0) is 10.2 Å². The predicted octanol–water partition coefficient (Wildman–Crippen LogP) is 6.22. The Labute approximate surface area is 201 Å². The van der Waals surface area contributed by atoms with Crippen molar-refractivity contribution < 1.29 is 19.1 Å². The molecule has 0 radical (unpaired) electrons. The zero-order valence-corrected chi connectivity index (χ0v) is 19.6. The number of nitrogens with zero attached hydrogens (tertiary/aromatic N) is 1. The number of aromatic nitrogens is 1. The number of aliphatic hydroxyl groups is 1. The van der Waals surface area contributed by atoms with Gasteiger partial charge in [0, 0.05) is 39.4 Å². The Morgan fingerprint density at radius 1 is 1.12 bits per heavy atom. The molecule has 0 unspecified atom stereocenters. The number of halogens is 2. The van der Waals surface area contributed by atoms with Crippen LogP contribution in [0.15, 0.2) is 46.9 Å². The van der Waals surface area contributed by atoms with E-state index in [1.54, 1.807) is 18.2 Å². The maximum atomic E-state index is 13.1. The summed E-state index contributed by atoms with van der Waals surface area (Å²) < 4.78 is 12.1. The first kappa shape index (κ1) is 21.2. The van der Waals surface area contributed by atoms with E-state index in [1.807, 2.05) is 31.2 Å². The molecule has 33 heavy (non-hydrogen) atoms. The third-order valence-corrected chi connectivity index (χ3v) is 7.93. The smallest absolute Gasteiger partial charge is 0.201 e. The number of hydrogen-bond acceptors (Lipinski definition) is 5. The first-order valence-corrected chi connectivity index (χ1v) is 11.9. The van der Waals surface area contributed by atoms with Crippen LogP contribution >= 0.6 is 23.2 Å². The highest BCUT2D eigenvalue weighted by Gasteiger charge is 2.71. The lowest BCUT2D eigenvalue weighted by molar-refractivity contribution is -0.171. The molecule has 3 aromatic rings. The van der Waals surface area contributed by atoms with E-state index in [1.165, 1.54) is 0 Å². The van der Waals surface area contributed by atoms with Gasteiger partial charge in [-0.1, -0.05) is 23.2 Å². The fraction of sp³-hybridized carbons (Fsp3) is 0.385. The molecule has 2 aromatic carbocycles. The van der Waals surface area contributed by atoms with E-state index < -0.39 is 12.2 Å². The molecule has 2 bridgehead atoms. The van der Waals surface area contributed by atoms with Crippen molar-refractivity contribution >= 4 is 29.0 Å². The van der Waals surface area contributed by atoms with E-state index in [0.29, 0.717) is 27.8 Å². The van der Waals surface area contributed by atoms with Crippen molar-refractivity contribution in [2.24, 2.45) is 5.41 Å². The summed E-state index contributed by atoms with van der Waals surface area (Å²) in [4.78, 5) is 17.8. The molecule has 4 aliphatic rings. The Morgan fingerprint density at radius 3 is 2.55 bits per heavy atom. The summed E-state index contributed by atoms with van der Waals surface area (Å²) in [5, 5.41) is 11.7. The number of carbonyl (C=O) groups is 1. The number of ketones is 1. The fourth-order valence-corrected chi connectivity index (χ4v) is 6.31. The topological polar surface area (TPSA) is 72.6 Å². The van der Waals surface area contributed by atoms with Gasteiger partial charge in [-0.25, -0.2) is 4.98 Å². The monoisotopic (exact) mass is 483 g/mol. The van der Waals surface area contributed by atoms with Crippen molar-refractivity contribution in [2.75, 3.05) is 0 Å². The fourth-order valence-electron chi connectivity index (χ4n) is 6.00. The average molecular weight is 484 g/mol. The third kappa shape index (κ3) is 3.40. The molecule has 3 fully saturated rings. The summed E-state index contributed by atoms with van der Waals surface area (Å²) in [7, 11) is 0. The molecule has 1 aliphatic heterocycles. The number of aliphatic hydroxyl groups excluding tert-OH is 1. The first-order valence-electron chi connectivity index (χ1n) is 11.2. The molecule has 2 heterocycles. The standard InChI is InChI=1S/C26H23Cl2NO4/c1-14-23(15-2-4-16(27)5-3-15)33-24(29-14)26-11-25(12-26,13-26)10-20(31)22-9-19(30)18-8-17(28)6-7-21(18)32-22/h2-8,19,22,30H,9-13H2,1H3/t19-,22-,25?,26?/m1/s1. The maximum absolute atomic E-state index is 13.1. The summed E-state index contributed by atoms with van der Waals surface area (Å²) in [6, 6.07) is 12.7. The van der Waals surface area contributed by atoms with E-state index in [2.05, 4.69) is 0 Å². The lowest BCUT2D eigenvalue weighted by atomic mass is 9.34.